The molecule has 0 radical (unpaired) electrons. The summed E-state index contributed by atoms with van der Waals surface area (Å²) in [5.41, 5.74) is 2.43. The van der Waals surface area contributed by atoms with Crippen LogP contribution in [0.2, 0.25) is 0 Å². The van der Waals surface area contributed by atoms with Gasteiger partial charge in [0.1, 0.15) is 17.8 Å². The van der Waals surface area contributed by atoms with Crippen LogP contribution in [0, 0.1) is 0 Å². The number of nitrogens with zero attached hydrogens (tertiary/aromatic N) is 6. The van der Waals surface area contributed by atoms with E-state index in [0.29, 0.717) is 11.7 Å². The standard InChI is InChI=1S/C22H24N6O3S.ClH/c1-30-16-6-7-20-18(14-16)23-22(32-20)27(9-8-26-10-12-31-13-11-26)21(29)15-28-19-5-3-2-4-17(19)24-25-28;/h2-7,14H,8-13,15H2,1H3;1H. The molecule has 0 bridgehead atoms. The van der Waals surface area contributed by atoms with E-state index in [1.165, 1.54) is 11.3 Å². The average Bonchev–Trinajstić information content (AvgIpc) is 3.43. The Bertz CT molecular complexity index is 1240. The maximum atomic E-state index is 13.5. The topological polar surface area (TPSA) is 85.6 Å². The Balaban J connectivity index is 0.00000259. The second kappa shape index (κ2) is 10.4. The van der Waals surface area contributed by atoms with Crippen molar-refractivity contribution in [3.05, 3.63) is 42.5 Å². The van der Waals surface area contributed by atoms with Crippen molar-refractivity contribution in [2.24, 2.45) is 0 Å². The molecule has 1 aliphatic rings. The van der Waals surface area contributed by atoms with Crippen molar-refractivity contribution >= 4 is 56.0 Å². The molecule has 2 aromatic heterocycles. The van der Waals surface area contributed by atoms with E-state index in [4.69, 9.17) is 14.5 Å². The highest BCUT2D eigenvalue weighted by Gasteiger charge is 2.23. The van der Waals surface area contributed by atoms with E-state index < -0.39 is 0 Å². The molecule has 9 nitrogen and oxygen atoms in total. The lowest BCUT2D eigenvalue weighted by atomic mass is 10.3. The average molecular weight is 489 g/mol. The van der Waals surface area contributed by atoms with Gasteiger partial charge < -0.3 is 9.47 Å². The Kier molecular flexibility index (Phi) is 7.39. The summed E-state index contributed by atoms with van der Waals surface area (Å²) >= 11 is 1.51. The Morgan fingerprint density at radius 3 is 2.82 bits per heavy atom. The van der Waals surface area contributed by atoms with Crippen molar-refractivity contribution < 1.29 is 14.3 Å². The smallest absolute Gasteiger partial charge is 0.250 e. The molecule has 4 aromatic rings. The number of benzene rings is 2. The Labute approximate surface area is 201 Å². The number of carbonyl (C=O) groups excluding carboxylic acids is 1. The molecule has 0 unspecified atom stereocenters. The molecular weight excluding hydrogens is 464 g/mol. The van der Waals surface area contributed by atoms with Crippen LogP contribution in [0.4, 0.5) is 5.13 Å². The molecular formula is C22H25ClN6O3S. The number of carbonyl (C=O) groups is 1. The summed E-state index contributed by atoms with van der Waals surface area (Å²) in [6.07, 6.45) is 0. The summed E-state index contributed by atoms with van der Waals surface area (Å²) in [6.45, 7) is 4.58. The van der Waals surface area contributed by atoms with E-state index in [0.717, 1.165) is 59.8 Å². The zero-order valence-corrected chi connectivity index (χ0v) is 19.8. The lowest BCUT2D eigenvalue weighted by Crippen LogP contribution is -2.44. The summed E-state index contributed by atoms with van der Waals surface area (Å²) in [7, 11) is 1.63. The first kappa shape index (κ1) is 23.4. The van der Waals surface area contributed by atoms with Crippen molar-refractivity contribution in [3.63, 3.8) is 0 Å². The normalized spacial score (nSPS) is 14.3. The van der Waals surface area contributed by atoms with Gasteiger partial charge in [0.25, 0.3) is 5.91 Å². The molecule has 0 spiro atoms. The highest BCUT2D eigenvalue weighted by atomic mass is 35.5. The van der Waals surface area contributed by atoms with E-state index >= 15 is 0 Å². The van der Waals surface area contributed by atoms with Gasteiger partial charge in [0.2, 0.25) is 0 Å². The van der Waals surface area contributed by atoms with Gasteiger partial charge in [0.05, 0.1) is 36.1 Å². The van der Waals surface area contributed by atoms with Gasteiger partial charge in [-0.15, -0.1) is 17.5 Å². The van der Waals surface area contributed by atoms with Gasteiger partial charge in [0.15, 0.2) is 5.13 Å². The van der Waals surface area contributed by atoms with E-state index in [1.54, 1.807) is 16.7 Å². The second-order valence-corrected chi connectivity index (χ2v) is 8.57. The summed E-state index contributed by atoms with van der Waals surface area (Å²) in [4.78, 5) is 22.3. The van der Waals surface area contributed by atoms with E-state index in [9.17, 15) is 4.79 Å². The third kappa shape index (κ3) is 5.09. The van der Waals surface area contributed by atoms with Crippen molar-refractivity contribution in [1.82, 2.24) is 24.9 Å². The Morgan fingerprint density at radius 1 is 1.18 bits per heavy atom. The lowest BCUT2D eigenvalue weighted by Gasteiger charge is -2.29. The number of fused-ring (bicyclic) bond motifs is 2. The highest BCUT2D eigenvalue weighted by Crippen LogP contribution is 2.31. The van der Waals surface area contributed by atoms with Crippen molar-refractivity contribution in [2.75, 3.05) is 51.4 Å². The fourth-order valence-corrected chi connectivity index (χ4v) is 4.77. The van der Waals surface area contributed by atoms with E-state index in [1.807, 2.05) is 42.5 Å². The SMILES string of the molecule is COc1ccc2sc(N(CCN3CCOCC3)C(=O)Cn3nnc4ccccc43)nc2c1.Cl. The monoisotopic (exact) mass is 488 g/mol. The molecule has 0 aliphatic carbocycles. The molecule has 3 heterocycles. The molecule has 0 N–H and O–H groups in total. The number of rotatable bonds is 7. The van der Waals surface area contributed by atoms with Crippen LogP contribution < -0.4 is 9.64 Å². The number of morpholine rings is 1. The largest absolute Gasteiger partial charge is 0.497 e. The Hall–Kier alpha value is -2.79. The molecule has 33 heavy (non-hydrogen) atoms. The highest BCUT2D eigenvalue weighted by molar-refractivity contribution is 7.22. The number of methoxy groups -OCH3 is 1. The van der Waals surface area contributed by atoms with Crippen LogP contribution in [0.15, 0.2) is 42.5 Å². The summed E-state index contributed by atoms with van der Waals surface area (Å²) in [5.74, 6) is 0.676. The fourth-order valence-electron chi connectivity index (χ4n) is 3.78. The van der Waals surface area contributed by atoms with Crippen LogP contribution >= 0.6 is 23.7 Å². The summed E-state index contributed by atoms with van der Waals surface area (Å²) < 4.78 is 13.4. The lowest BCUT2D eigenvalue weighted by molar-refractivity contribution is -0.119. The van der Waals surface area contributed by atoms with Gasteiger partial charge in [-0.3, -0.25) is 14.6 Å². The molecule has 1 aliphatic heterocycles. The number of aromatic nitrogens is 4. The maximum absolute atomic E-state index is 13.5. The molecule has 0 saturated carbocycles. The van der Waals surface area contributed by atoms with Gasteiger partial charge in [0, 0.05) is 32.2 Å². The zero-order chi connectivity index (χ0) is 21.9. The second-order valence-electron chi connectivity index (χ2n) is 7.57. The van der Waals surface area contributed by atoms with Crippen LogP contribution in [0.25, 0.3) is 21.3 Å². The van der Waals surface area contributed by atoms with Crippen LogP contribution in [-0.2, 0) is 16.1 Å². The minimum absolute atomic E-state index is 0. The van der Waals surface area contributed by atoms with Gasteiger partial charge in [-0.1, -0.05) is 28.7 Å². The molecule has 0 atom stereocenters. The first-order chi connectivity index (χ1) is 15.7. The van der Waals surface area contributed by atoms with Crippen molar-refractivity contribution in [1.29, 1.82) is 0 Å². The first-order valence-electron chi connectivity index (χ1n) is 10.5. The number of anilines is 1. The first-order valence-corrected chi connectivity index (χ1v) is 11.4. The van der Waals surface area contributed by atoms with Crippen LogP contribution in [-0.4, -0.2) is 77.3 Å². The Morgan fingerprint density at radius 2 is 2.00 bits per heavy atom. The van der Waals surface area contributed by atoms with Crippen LogP contribution in [0.1, 0.15) is 0 Å². The minimum Gasteiger partial charge on any atom is -0.497 e. The summed E-state index contributed by atoms with van der Waals surface area (Å²) in [6, 6.07) is 13.4. The van der Waals surface area contributed by atoms with Crippen LogP contribution in [0.3, 0.4) is 0 Å². The van der Waals surface area contributed by atoms with E-state index in [-0.39, 0.29) is 24.9 Å². The fraction of sp³-hybridized carbons (Fsp3) is 0.364. The number of thiazole rings is 1. The zero-order valence-electron chi connectivity index (χ0n) is 18.2. The number of amides is 1. The minimum atomic E-state index is -0.0695. The van der Waals surface area contributed by atoms with Crippen molar-refractivity contribution in [3.8, 4) is 5.75 Å². The third-order valence-corrected chi connectivity index (χ3v) is 6.62. The number of hydrogen-bond acceptors (Lipinski definition) is 8. The third-order valence-electron chi connectivity index (χ3n) is 5.56. The molecule has 2 aromatic carbocycles. The van der Waals surface area contributed by atoms with Crippen LogP contribution in [0.5, 0.6) is 5.75 Å². The quantitative estimate of drug-likeness (QED) is 0.395. The molecule has 1 saturated heterocycles. The van der Waals surface area contributed by atoms with Gasteiger partial charge >= 0.3 is 0 Å². The number of ether oxygens (including phenoxy) is 2. The molecule has 11 heteroatoms. The maximum Gasteiger partial charge on any atom is 0.250 e. The number of hydrogen-bond donors (Lipinski definition) is 0. The summed E-state index contributed by atoms with van der Waals surface area (Å²) in [5, 5.41) is 9.03. The van der Waals surface area contributed by atoms with Gasteiger partial charge in [-0.25, -0.2) is 9.67 Å². The number of halogens is 1. The van der Waals surface area contributed by atoms with Gasteiger partial charge in [-0.05, 0) is 24.3 Å². The predicted molar refractivity (Wildman–Crippen MR) is 131 cm³/mol. The molecule has 5 rings (SSSR count). The number of para-hydroxylation sites is 1. The molecule has 174 valence electrons. The predicted octanol–water partition coefficient (Wildman–Crippen LogP) is 2.84. The van der Waals surface area contributed by atoms with E-state index in [2.05, 4.69) is 15.2 Å². The molecule has 1 fully saturated rings. The van der Waals surface area contributed by atoms with Gasteiger partial charge in [-0.2, -0.15) is 0 Å². The molecule has 1 amide bonds. The van der Waals surface area contributed by atoms with Crippen molar-refractivity contribution in [2.45, 2.75) is 6.54 Å².